The molecule has 1 aromatic carbocycles. The molecule has 138 valence electrons. The standard InChI is InChI=1S/C20H19FN4OS/c1-14(2)12-27(26)24-20(16-5-6-17(10-22)18(21)9-16)19-11-23-13-25(19)8-7-15-3-4-15/h5-6,9,11,13-15H,3-4,12H2,1-2H3/b24-20+. The van der Waals surface area contributed by atoms with Crippen LogP contribution in [0.25, 0.3) is 0 Å². The van der Waals surface area contributed by atoms with Crippen molar-refractivity contribution in [3.63, 3.8) is 0 Å². The topological polar surface area (TPSA) is 71.0 Å². The molecule has 1 aromatic heterocycles. The Bertz CT molecular complexity index is 1000. The second-order valence-corrected chi connectivity index (χ2v) is 7.97. The van der Waals surface area contributed by atoms with Crippen molar-refractivity contribution >= 4 is 16.7 Å². The zero-order valence-electron chi connectivity index (χ0n) is 15.1. The number of hydrogen-bond donors (Lipinski definition) is 0. The molecule has 0 spiro atoms. The molecule has 0 bridgehead atoms. The minimum Gasteiger partial charge on any atom is -0.256 e. The summed E-state index contributed by atoms with van der Waals surface area (Å²) in [6.07, 6.45) is 5.32. The van der Waals surface area contributed by atoms with E-state index in [0.717, 1.165) is 12.8 Å². The molecule has 3 rings (SSSR count). The van der Waals surface area contributed by atoms with Crippen molar-refractivity contribution in [2.45, 2.75) is 26.7 Å². The van der Waals surface area contributed by atoms with Crippen molar-refractivity contribution in [3.05, 3.63) is 53.4 Å². The second kappa shape index (κ2) is 8.28. The smallest absolute Gasteiger partial charge is 0.141 e. The third kappa shape index (κ3) is 4.90. The van der Waals surface area contributed by atoms with E-state index in [2.05, 4.69) is 21.3 Å². The summed E-state index contributed by atoms with van der Waals surface area (Å²) in [6.45, 7) is 3.92. The summed E-state index contributed by atoms with van der Waals surface area (Å²) in [5.74, 6) is 3.50. The van der Waals surface area contributed by atoms with Crippen LogP contribution in [-0.4, -0.2) is 25.2 Å². The van der Waals surface area contributed by atoms with E-state index in [1.165, 1.54) is 12.1 Å². The number of nitriles is 1. The highest BCUT2D eigenvalue weighted by Gasteiger charge is 2.19. The molecule has 0 radical (unpaired) electrons. The van der Waals surface area contributed by atoms with Gasteiger partial charge in [-0.05, 0) is 30.9 Å². The van der Waals surface area contributed by atoms with Gasteiger partial charge in [-0.25, -0.2) is 13.6 Å². The van der Waals surface area contributed by atoms with Gasteiger partial charge in [-0.2, -0.15) is 9.66 Å². The van der Waals surface area contributed by atoms with Gasteiger partial charge in [-0.3, -0.25) is 4.57 Å². The van der Waals surface area contributed by atoms with Crippen LogP contribution in [0.1, 0.15) is 43.5 Å². The van der Waals surface area contributed by atoms with Crippen LogP contribution in [-0.2, 0) is 11.0 Å². The largest absolute Gasteiger partial charge is 0.256 e. The molecule has 1 fully saturated rings. The van der Waals surface area contributed by atoms with Gasteiger partial charge in [-0.15, -0.1) is 0 Å². The minimum absolute atomic E-state index is 0.0524. The molecule has 1 atom stereocenters. The Balaban J connectivity index is 2.06. The Kier molecular flexibility index (Phi) is 5.83. The number of imidazole rings is 1. The molecule has 0 N–H and O–H groups in total. The maximum Gasteiger partial charge on any atom is 0.141 e. The maximum atomic E-state index is 14.2. The second-order valence-electron chi connectivity index (χ2n) is 6.81. The third-order valence-electron chi connectivity index (χ3n) is 3.88. The molecule has 1 unspecified atom stereocenters. The first-order valence-corrected chi connectivity index (χ1v) is 9.97. The monoisotopic (exact) mass is 382 g/mol. The fourth-order valence-electron chi connectivity index (χ4n) is 2.37. The first kappa shape index (κ1) is 19.0. The highest BCUT2D eigenvalue weighted by molar-refractivity contribution is 7.83. The molecule has 0 saturated heterocycles. The lowest BCUT2D eigenvalue weighted by molar-refractivity contribution is 0.623. The van der Waals surface area contributed by atoms with E-state index in [1.54, 1.807) is 29.2 Å². The number of rotatable bonds is 5. The summed E-state index contributed by atoms with van der Waals surface area (Å²) in [5.41, 5.74) is 1.27. The Morgan fingerprint density at radius 2 is 2.26 bits per heavy atom. The molecular formula is C20H19FN4OS. The van der Waals surface area contributed by atoms with Gasteiger partial charge in [0, 0.05) is 23.3 Å². The van der Waals surface area contributed by atoms with Crippen LogP contribution in [0.2, 0.25) is 0 Å². The van der Waals surface area contributed by atoms with Crippen molar-refractivity contribution in [1.82, 2.24) is 9.55 Å². The molecule has 2 aromatic rings. The van der Waals surface area contributed by atoms with Crippen LogP contribution in [0.3, 0.4) is 0 Å². The number of benzene rings is 1. The third-order valence-corrected chi connectivity index (χ3v) is 5.22. The zero-order chi connectivity index (χ0) is 19.4. The van der Waals surface area contributed by atoms with Crippen LogP contribution in [0, 0.1) is 40.9 Å². The summed E-state index contributed by atoms with van der Waals surface area (Å²) in [7, 11) is -1.48. The number of aromatic nitrogens is 2. The highest BCUT2D eigenvalue weighted by Crippen LogP contribution is 2.27. The van der Waals surface area contributed by atoms with E-state index in [-0.39, 0.29) is 11.5 Å². The van der Waals surface area contributed by atoms with Crippen LogP contribution in [0.4, 0.5) is 4.39 Å². The van der Waals surface area contributed by atoms with Crippen LogP contribution in [0.5, 0.6) is 0 Å². The van der Waals surface area contributed by atoms with E-state index >= 15 is 0 Å². The molecule has 1 aliphatic rings. The van der Waals surface area contributed by atoms with E-state index < -0.39 is 16.8 Å². The van der Waals surface area contributed by atoms with Crippen LogP contribution >= 0.6 is 0 Å². The predicted octanol–water partition coefficient (Wildman–Crippen LogP) is 3.27. The fraction of sp³-hybridized carbons (Fsp3) is 0.350. The summed E-state index contributed by atoms with van der Waals surface area (Å²) >= 11 is 0. The van der Waals surface area contributed by atoms with Crippen molar-refractivity contribution in [2.75, 3.05) is 5.75 Å². The van der Waals surface area contributed by atoms with E-state index in [9.17, 15) is 8.60 Å². The average Bonchev–Trinajstić information content (AvgIpc) is 3.34. The van der Waals surface area contributed by atoms with E-state index in [1.807, 2.05) is 13.8 Å². The van der Waals surface area contributed by atoms with Gasteiger partial charge in [0.2, 0.25) is 0 Å². The number of nitrogens with zero attached hydrogens (tertiary/aromatic N) is 4. The Hall–Kier alpha value is -2.77. The van der Waals surface area contributed by atoms with Gasteiger partial charge < -0.3 is 0 Å². The van der Waals surface area contributed by atoms with Gasteiger partial charge in [-0.1, -0.05) is 25.8 Å². The Morgan fingerprint density at radius 3 is 2.89 bits per heavy atom. The molecule has 1 saturated carbocycles. The van der Waals surface area contributed by atoms with Gasteiger partial charge in [0.1, 0.15) is 40.6 Å². The SMILES string of the molecule is CC(C)CS(=O)/N=C(\c1ccc(C#N)c(F)c1)c1cncn1C#CC1CC1. The fourth-order valence-corrected chi connectivity index (χ4v) is 3.42. The lowest BCUT2D eigenvalue weighted by Crippen LogP contribution is -2.12. The van der Waals surface area contributed by atoms with E-state index in [0.29, 0.717) is 28.6 Å². The van der Waals surface area contributed by atoms with Crippen molar-refractivity contribution in [1.29, 1.82) is 5.26 Å². The summed E-state index contributed by atoms with van der Waals surface area (Å²) in [5, 5.41) is 8.95. The predicted molar refractivity (Wildman–Crippen MR) is 103 cm³/mol. The molecule has 0 aliphatic heterocycles. The molecule has 0 amide bonds. The summed E-state index contributed by atoms with van der Waals surface area (Å²) < 4.78 is 32.6. The summed E-state index contributed by atoms with van der Waals surface area (Å²) in [6, 6.07) is 9.05. The van der Waals surface area contributed by atoms with Gasteiger partial charge in [0.25, 0.3) is 0 Å². The Morgan fingerprint density at radius 1 is 1.48 bits per heavy atom. The first-order chi connectivity index (χ1) is 13.0. The first-order valence-electron chi connectivity index (χ1n) is 8.69. The van der Waals surface area contributed by atoms with E-state index in [4.69, 9.17) is 5.26 Å². The van der Waals surface area contributed by atoms with Crippen molar-refractivity contribution in [3.8, 4) is 18.0 Å². The normalized spacial score (nSPS) is 15.1. The van der Waals surface area contributed by atoms with Gasteiger partial charge >= 0.3 is 0 Å². The van der Waals surface area contributed by atoms with Crippen molar-refractivity contribution in [2.24, 2.45) is 16.2 Å². The Labute approximate surface area is 160 Å². The quantitative estimate of drug-likeness (QED) is 0.589. The molecule has 27 heavy (non-hydrogen) atoms. The molecule has 7 heteroatoms. The van der Waals surface area contributed by atoms with Gasteiger partial charge in [0.05, 0.1) is 11.8 Å². The highest BCUT2D eigenvalue weighted by atomic mass is 32.2. The summed E-state index contributed by atoms with van der Waals surface area (Å²) in [4.78, 5) is 4.13. The average molecular weight is 382 g/mol. The molecule has 1 heterocycles. The zero-order valence-corrected chi connectivity index (χ0v) is 16.0. The van der Waals surface area contributed by atoms with Crippen molar-refractivity contribution < 1.29 is 8.60 Å². The number of halogens is 1. The molecule has 5 nitrogen and oxygen atoms in total. The number of hydrogen-bond acceptors (Lipinski definition) is 3. The lowest BCUT2D eigenvalue weighted by atomic mass is 10.1. The molecule has 1 aliphatic carbocycles. The van der Waals surface area contributed by atoms with Crippen LogP contribution < -0.4 is 0 Å². The lowest BCUT2D eigenvalue weighted by Gasteiger charge is -2.09. The molecular weight excluding hydrogens is 363 g/mol. The minimum atomic E-state index is -1.48. The van der Waals surface area contributed by atoms with Crippen LogP contribution in [0.15, 0.2) is 35.1 Å². The maximum absolute atomic E-state index is 14.2. The van der Waals surface area contributed by atoms with Gasteiger partial charge in [0.15, 0.2) is 0 Å².